The lowest BCUT2D eigenvalue weighted by Crippen LogP contribution is -2.44. The number of hydrogen-bond donors (Lipinski definition) is 3. The molecule has 2 aromatic rings. The van der Waals surface area contributed by atoms with Crippen LogP contribution >= 0.6 is 24.0 Å². The molecule has 1 aliphatic heterocycles. The lowest BCUT2D eigenvalue weighted by molar-refractivity contribution is 0.576. The number of hydrogen-bond acceptors (Lipinski definition) is 4. The summed E-state index contributed by atoms with van der Waals surface area (Å²) in [6.45, 7) is 3.75. The number of nitrogens with zero attached hydrogens (tertiary/aromatic N) is 2. The lowest BCUT2D eigenvalue weighted by atomic mass is 10.2. The van der Waals surface area contributed by atoms with Crippen LogP contribution in [-0.4, -0.2) is 40.1 Å². The molecule has 31 heavy (non-hydrogen) atoms. The molecule has 7 nitrogen and oxygen atoms in total. The molecular weight excluding hydrogens is 539 g/mol. The van der Waals surface area contributed by atoms with Crippen molar-refractivity contribution in [1.82, 2.24) is 10.6 Å². The van der Waals surface area contributed by atoms with E-state index in [2.05, 4.69) is 15.6 Å². The minimum atomic E-state index is -3.78. The maximum Gasteiger partial charge on any atom is 0.238 e. The number of benzene rings is 2. The zero-order valence-corrected chi connectivity index (χ0v) is 20.2. The first kappa shape index (κ1) is 25.3. The summed E-state index contributed by atoms with van der Waals surface area (Å²) >= 11 is 0. The Morgan fingerprint density at radius 1 is 1.23 bits per heavy atom. The molecule has 11 heteroatoms. The summed E-state index contributed by atoms with van der Waals surface area (Å²) in [5, 5.41) is 11.6. The van der Waals surface area contributed by atoms with Gasteiger partial charge in [0, 0.05) is 25.7 Å². The van der Waals surface area contributed by atoms with Crippen LogP contribution in [0.2, 0.25) is 0 Å². The summed E-state index contributed by atoms with van der Waals surface area (Å²) in [6, 6.07) is 10.1. The topological polar surface area (TPSA) is 99.8 Å². The Bertz CT molecular complexity index is 1020. The SMILES string of the molecule is CCNC(=NCc1cccc(S(N)(=O)=O)c1)NC1CCN(c2c(F)cccc2F)C1.I. The first-order chi connectivity index (χ1) is 14.3. The number of nitrogens with one attached hydrogen (secondary N) is 2. The van der Waals surface area contributed by atoms with Crippen molar-refractivity contribution in [2.75, 3.05) is 24.5 Å². The fourth-order valence-corrected chi connectivity index (χ4v) is 3.96. The maximum absolute atomic E-state index is 14.0. The van der Waals surface area contributed by atoms with Crippen LogP contribution in [0.1, 0.15) is 18.9 Å². The minimum absolute atomic E-state index is 0. The predicted octanol–water partition coefficient (Wildman–Crippen LogP) is 2.56. The monoisotopic (exact) mass is 565 g/mol. The van der Waals surface area contributed by atoms with Gasteiger partial charge in [0.25, 0.3) is 0 Å². The van der Waals surface area contributed by atoms with E-state index in [1.165, 1.54) is 30.3 Å². The van der Waals surface area contributed by atoms with Gasteiger partial charge in [-0.05, 0) is 43.2 Å². The molecule has 170 valence electrons. The second kappa shape index (κ2) is 11.0. The molecule has 4 N–H and O–H groups in total. The number of para-hydroxylation sites is 1. The van der Waals surface area contributed by atoms with Gasteiger partial charge in [-0.25, -0.2) is 27.3 Å². The Hall–Kier alpha value is -1.99. The van der Waals surface area contributed by atoms with E-state index in [0.717, 1.165) is 0 Å². The molecule has 3 rings (SSSR count). The molecule has 0 radical (unpaired) electrons. The first-order valence-corrected chi connectivity index (χ1v) is 11.2. The molecule has 1 aliphatic rings. The van der Waals surface area contributed by atoms with E-state index in [1.54, 1.807) is 17.0 Å². The van der Waals surface area contributed by atoms with Gasteiger partial charge in [0.2, 0.25) is 10.0 Å². The second-order valence-electron chi connectivity index (χ2n) is 7.03. The van der Waals surface area contributed by atoms with Gasteiger partial charge in [0.1, 0.15) is 17.3 Å². The molecule has 0 aliphatic carbocycles. The second-order valence-corrected chi connectivity index (χ2v) is 8.60. The summed E-state index contributed by atoms with van der Waals surface area (Å²) in [6.07, 6.45) is 0.694. The molecule has 1 heterocycles. The van der Waals surface area contributed by atoms with E-state index >= 15 is 0 Å². The van der Waals surface area contributed by atoms with Crippen molar-refractivity contribution >= 4 is 45.6 Å². The quantitative estimate of drug-likeness (QED) is 0.284. The summed E-state index contributed by atoms with van der Waals surface area (Å²) < 4.78 is 51.1. The summed E-state index contributed by atoms with van der Waals surface area (Å²) in [7, 11) is -3.78. The van der Waals surface area contributed by atoms with E-state index < -0.39 is 21.7 Å². The summed E-state index contributed by atoms with van der Waals surface area (Å²) in [4.78, 5) is 6.21. The van der Waals surface area contributed by atoms with Crippen molar-refractivity contribution in [2.45, 2.75) is 30.8 Å². The molecule has 1 atom stereocenters. The van der Waals surface area contributed by atoms with E-state index in [-0.39, 0.29) is 47.1 Å². The van der Waals surface area contributed by atoms with Crippen molar-refractivity contribution in [3.05, 3.63) is 59.7 Å². The van der Waals surface area contributed by atoms with Gasteiger partial charge < -0.3 is 15.5 Å². The smallest absolute Gasteiger partial charge is 0.238 e. The van der Waals surface area contributed by atoms with E-state index in [1.807, 2.05) is 6.92 Å². The number of sulfonamides is 1. The molecule has 0 amide bonds. The number of aliphatic imine (C=N–C) groups is 1. The average Bonchev–Trinajstić information content (AvgIpc) is 3.14. The van der Waals surface area contributed by atoms with Gasteiger partial charge in [-0.1, -0.05) is 18.2 Å². The Labute approximate surface area is 198 Å². The number of rotatable bonds is 6. The third-order valence-electron chi connectivity index (χ3n) is 4.77. The highest BCUT2D eigenvalue weighted by molar-refractivity contribution is 14.0. The summed E-state index contributed by atoms with van der Waals surface area (Å²) in [5.74, 6) is -0.615. The molecule has 1 fully saturated rings. The van der Waals surface area contributed by atoms with Crippen molar-refractivity contribution in [1.29, 1.82) is 0 Å². The molecule has 2 aromatic carbocycles. The number of primary sulfonamides is 1. The zero-order chi connectivity index (χ0) is 21.7. The van der Waals surface area contributed by atoms with Gasteiger partial charge in [0.05, 0.1) is 11.4 Å². The molecule has 1 saturated heterocycles. The summed E-state index contributed by atoms with van der Waals surface area (Å²) in [5.41, 5.74) is 0.684. The fourth-order valence-electron chi connectivity index (χ4n) is 3.38. The highest BCUT2D eigenvalue weighted by atomic mass is 127. The Balaban J connectivity index is 0.00000341. The van der Waals surface area contributed by atoms with Crippen molar-refractivity contribution in [3.63, 3.8) is 0 Å². The van der Waals surface area contributed by atoms with Gasteiger partial charge in [-0.2, -0.15) is 0 Å². The number of halogens is 3. The van der Waals surface area contributed by atoms with Crippen LogP contribution < -0.4 is 20.7 Å². The zero-order valence-electron chi connectivity index (χ0n) is 17.0. The number of nitrogens with two attached hydrogens (primary N) is 1. The molecule has 1 unspecified atom stereocenters. The van der Waals surface area contributed by atoms with Crippen LogP contribution in [0, 0.1) is 11.6 Å². The van der Waals surface area contributed by atoms with E-state index in [0.29, 0.717) is 37.6 Å². The number of anilines is 1. The standard InChI is InChI=1S/C20H25F2N5O2S.HI/c1-2-24-20(25-12-14-5-3-6-16(11-14)30(23,28)29)26-15-9-10-27(13-15)19-17(21)7-4-8-18(19)22;/h3-8,11,15H,2,9-10,12-13H2,1H3,(H2,23,28,29)(H2,24,25,26);1H. The van der Waals surface area contributed by atoms with Crippen LogP contribution in [0.15, 0.2) is 52.4 Å². The van der Waals surface area contributed by atoms with Crippen molar-refractivity contribution in [2.24, 2.45) is 10.1 Å². The lowest BCUT2D eigenvalue weighted by Gasteiger charge is -2.21. The Morgan fingerprint density at radius 3 is 2.55 bits per heavy atom. The van der Waals surface area contributed by atoms with Crippen molar-refractivity contribution < 1.29 is 17.2 Å². The normalized spacial score (nSPS) is 16.7. The fraction of sp³-hybridized carbons (Fsp3) is 0.350. The number of guanidine groups is 1. The predicted molar refractivity (Wildman–Crippen MR) is 128 cm³/mol. The Morgan fingerprint density at radius 2 is 1.90 bits per heavy atom. The van der Waals surface area contributed by atoms with E-state index in [4.69, 9.17) is 5.14 Å². The first-order valence-electron chi connectivity index (χ1n) is 9.63. The molecule has 0 aromatic heterocycles. The molecule has 0 spiro atoms. The van der Waals surface area contributed by atoms with Crippen LogP contribution in [0.3, 0.4) is 0 Å². The van der Waals surface area contributed by atoms with Gasteiger partial charge in [-0.15, -0.1) is 24.0 Å². The molecular formula is C20H26F2IN5O2S. The largest absolute Gasteiger partial charge is 0.365 e. The average molecular weight is 565 g/mol. The third kappa shape index (κ3) is 6.74. The third-order valence-corrected chi connectivity index (χ3v) is 5.68. The van der Waals surface area contributed by atoms with Gasteiger partial charge in [0.15, 0.2) is 5.96 Å². The van der Waals surface area contributed by atoms with Crippen LogP contribution in [0.5, 0.6) is 0 Å². The van der Waals surface area contributed by atoms with Crippen LogP contribution in [0.4, 0.5) is 14.5 Å². The highest BCUT2D eigenvalue weighted by Crippen LogP contribution is 2.26. The maximum atomic E-state index is 14.0. The Kier molecular flexibility index (Phi) is 9.01. The molecule has 0 saturated carbocycles. The van der Waals surface area contributed by atoms with Gasteiger partial charge >= 0.3 is 0 Å². The van der Waals surface area contributed by atoms with Crippen LogP contribution in [0.25, 0.3) is 0 Å². The highest BCUT2D eigenvalue weighted by Gasteiger charge is 2.27. The van der Waals surface area contributed by atoms with Crippen LogP contribution in [-0.2, 0) is 16.6 Å². The van der Waals surface area contributed by atoms with Crippen molar-refractivity contribution in [3.8, 4) is 0 Å². The van der Waals surface area contributed by atoms with E-state index in [9.17, 15) is 17.2 Å². The molecule has 0 bridgehead atoms. The minimum Gasteiger partial charge on any atom is -0.365 e. The van der Waals surface area contributed by atoms with Gasteiger partial charge in [-0.3, -0.25) is 0 Å².